The van der Waals surface area contributed by atoms with Crippen LogP contribution in [0.5, 0.6) is 5.75 Å². The quantitative estimate of drug-likeness (QED) is 0.556. The number of esters is 2. The molecule has 6 nitrogen and oxygen atoms in total. The van der Waals surface area contributed by atoms with Gasteiger partial charge in [-0.05, 0) is 49.7 Å². The van der Waals surface area contributed by atoms with Gasteiger partial charge in [0.05, 0.1) is 32.2 Å². The van der Waals surface area contributed by atoms with E-state index in [1.807, 2.05) is 42.3 Å². The molecule has 7 heteroatoms. The van der Waals surface area contributed by atoms with Crippen LogP contribution in [0.25, 0.3) is 0 Å². The Hall–Kier alpha value is -2.67. The van der Waals surface area contributed by atoms with Crippen molar-refractivity contribution in [3.63, 3.8) is 0 Å². The standard InChI is InChI=1S/C21H23NO5S/c1-6-27-20(24)21(2,19(23)26-5)13-7-10-17-16(11-13)22(3)15-9-8-14(25-4)12-18(15)28-17/h7-12H,6H2,1-5H3. The van der Waals surface area contributed by atoms with Crippen molar-refractivity contribution in [1.29, 1.82) is 0 Å². The third-order valence-corrected chi connectivity index (χ3v) is 6.04. The normalized spacial score (nSPS) is 14.4. The van der Waals surface area contributed by atoms with Crippen LogP contribution in [-0.4, -0.2) is 39.8 Å². The second-order valence-electron chi connectivity index (χ2n) is 6.51. The van der Waals surface area contributed by atoms with E-state index in [9.17, 15) is 9.59 Å². The zero-order valence-electron chi connectivity index (χ0n) is 16.6. The Morgan fingerprint density at radius 2 is 1.79 bits per heavy atom. The van der Waals surface area contributed by atoms with E-state index in [4.69, 9.17) is 14.2 Å². The lowest BCUT2D eigenvalue weighted by Gasteiger charge is -2.32. The van der Waals surface area contributed by atoms with Crippen molar-refractivity contribution in [2.24, 2.45) is 0 Å². The summed E-state index contributed by atoms with van der Waals surface area (Å²) in [6.07, 6.45) is 0. The van der Waals surface area contributed by atoms with Gasteiger partial charge in [-0.15, -0.1) is 0 Å². The molecule has 1 heterocycles. The maximum Gasteiger partial charge on any atom is 0.327 e. The summed E-state index contributed by atoms with van der Waals surface area (Å²) in [4.78, 5) is 29.3. The van der Waals surface area contributed by atoms with E-state index >= 15 is 0 Å². The Morgan fingerprint density at radius 3 is 2.43 bits per heavy atom. The predicted octanol–water partition coefficient (Wildman–Crippen LogP) is 3.92. The van der Waals surface area contributed by atoms with Crippen LogP contribution >= 0.6 is 11.8 Å². The van der Waals surface area contributed by atoms with Crippen molar-refractivity contribution in [3.05, 3.63) is 42.0 Å². The van der Waals surface area contributed by atoms with E-state index < -0.39 is 17.4 Å². The van der Waals surface area contributed by atoms with Crippen LogP contribution in [0.2, 0.25) is 0 Å². The molecule has 2 aromatic rings. The Bertz CT molecular complexity index is 929. The first kappa shape index (κ1) is 20.1. The van der Waals surface area contributed by atoms with Crippen LogP contribution in [0.4, 0.5) is 11.4 Å². The molecule has 3 rings (SSSR count). The summed E-state index contributed by atoms with van der Waals surface area (Å²) < 4.78 is 15.4. The Kier molecular flexibility index (Phi) is 5.56. The van der Waals surface area contributed by atoms with Crippen LogP contribution in [-0.2, 0) is 24.5 Å². The van der Waals surface area contributed by atoms with Gasteiger partial charge in [0.15, 0.2) is 5.41 Å². The molecule has 0 saturated heterocycles. The number of ether oxygens (including phenoxy) is 3. The molecule has 0 radical (unpaired) electrons. The molecule has 0 aromatic heterocycles. The fraction of sp³-hybridized carbons (Fsp3) is 0.333. The van der Waals surface area contributed by atoms with Gasteiger partial charge < -0.3 is 19.1 Å². The molecule has 1 unspecified atom stereocenters. The zero-order chi connectivity index (χ0) is 20.5. The molecule has 0 amide bonds. The number of carbonyl (C=O) groups excluding carboxylic acids is 2. The number of fused-ring (bicyclic) bond motifs is 2. The summed E-state index contributed by atoms with van der Waals surface area (Å²) in [6.45, 7) is 3.42. The molecule has 0 spiro atoms. The summed E-state index contributed by atoms with van der Waals surface area (Å²) >= 11 is 1.61. The van der Waals surface area contributed by atoms with Gasteiger partial charge in [-0.1, -0.05) is 17.8 Å². The number of nitrogens with zero attached hydrogens (tertiary/aromatic N) is 1. The van der Waals surface area contributed by atoms with Crippen molar-refractivity contribution in [2.75, 3.05) is 32.8 Å². The largest absolute Gasteiger partial charge is 0.497 e. The van der Waals surface area contributed by atoms with Gasteiger partial charge in [-0.25, -0.2) is 0 Å². The van der Waals surface area contributed by atoms with Crippen molar-refractivity contribution < 1.29 is 23.8 Å². The molecule has 0 fully saturated rings. The number of methoxy groups -OCH3 is 2. The minimum Gasteiger partial charge on any atom is -0.497 e. The lowest BCUT2D eigenvalue weighted by Crippen LogP contribution is -2.43. The van der Waals surface area contributed by atoms with Crippen LogP contribution < -0.4 is 9.64 Å². The van der Waals surface area contributed by atoms with Crippen molar-refractivity contribution in [2.45, 2.75) is 29.1 Å². The molecule has 0 bridgehead atoms. The number of carbonyl (C=O) groups is 2. The van der Waals surface area contributed by atoms with Gasteiger partial charge in [0.1, 0.15) is 5.75 Å². The van der Waals surface area contributed by atoms with E-state index in [2.05, 4.69) is 0 Å². The summed E-state index contributed by atoms with van der Waals surface area (Å²) in [5.74, 6) is -0.486. The zero-order valence-corrected chi connectivity index (χ0v) is 17.4. The van der Waals surface area contributed by atoms with Gasteiger partial charge in [0.25, 0.3) is 0 Å². The first-order valence-corrected chi connectivity index (χ1v) is 9.68. The van der Waals surface area contributed by atoms with Crippen molar-refractivity contribution in [1.82, 2.24) is 0 Å². The van der Waals surface area contributed by atoms with Gasteiger partial charge in [-0.3, -0.25) is 9.59 Å². The minimum atomic E-state index is -1.54. The first-order valence-electron chi connectivity index (χ1n) is 8.86. The fourth-order valence-corrected chi connectivity index (χ4v) is 4.36. The third kappa shape index (κ3) is 3.20. The highest BCUT2D eigenvalue weighted by Gasteiger charge is 2.46. The fourth-order valence-electron chi connectivity index (χ4n) is 3.20. The van der Waals surface area contributed by atoms with E-state index in [-0.39, 0.29) is 6.61 Å². The van der Waals surface area contributed by atoms with Gasteiger partial charge in [0, 0.05) is 16.8 Å². The summed E-state index contributed by atoms with van der Waals surface area (Å²) in [5.41, 5.74) is 0.915. The molecular weight excluding hydrogens is 378 g/mol. The molecule has 2 aromatic carbocycles. The van der Waals surface area contributed by atoms with E-state index in [0.29, 0.717) is 5.56 Å². The Labute approximate surface area is 168 Å². The molecule has 1 aliphatic rings. The molecule has 0 aliphatic carbocycles. The highest BCUT2D eigenvalue weighted by atomic mass is 32.2. The average molecular weight is 401 g/mol. The molecular formula is C21H23NO5S. The molecule has 1 aliphatic heterocycles. The SMILES string of the molecule is CCOC(=O)C(C)(C(=O)OC)c1ccc2c(c1)N(C)c1ccc(OC)cc1S2. The highest BCUT2D eigenvalue weighted by molar-refractivity contribution is 7.99. The second-order valence-corrected chi connectivity index (χ2v) is 7.60. The van der Waals surface area contributed by atoms with Crippen LogP contribution in [0.3, 0.4) is 0 Å². The van der Waals surface area contributed by atoms with Crippen LogP contribution in [0.1, 0.15) is 19.4 Å². The van der Waals surface area contributed by atoms with Gasteiger partial charge in [-0.2, -0.15) is 0 Å². The van der Waals surface area contributed by atoms with Crippen LogP contribution in [0.15, 0.2) is 46.2 Å². The van der Waals surface area contributed by atoms with E-state index in [1.165, 1.54) is 14.0 Å². The average Bonchev–Trinajstić information content (AvgIpc) is 2.72. The maximum absolute atomic E-state index is 12.6. The lowest BCUT2D eigenvalue weighted by molar-refractivity contribution is -0.162. The summed E-state index contributed by atoms with van der Waals surface area (Å²) in [6, 6.07) is 11.4. The Balaban J connectivity index is 2.07. The molecule has 148 valence electrons. The number of hydrogen-bond donors (Lipinski definition) is 0. The van der Waals surface area contributed by atoms with E-state index in [0.717, 1.165) is 26.9 Å². The second kappa shape index (κ2) is 7.75. The molecule has 0 N–H and O–H groups in total. The smallest absolute Gasteiger partial charge is 0.327 e. The monoisotopic (exact) mass is 401 g/mol. The topological polar surface area (TPSA) is 65.1 Å². The summed E-state index contributed by atoms with van der Waals surface area (Å²) in [7, 11) is 4.86. The van der Waals surface area contributed by atoms with Crippen molar-refractivity contribution >= 4 is 35.1 Å². The molecule has 0 saturated carbocycles. The van der Waals surface area contributed by atoms with Crippen LogP contribution in [0, 0.1) is 0 Å². The van der Waals surface area contributed by atoms with Crippen molar-refractivity contribution in [3.8, 4) is 5.75 Å². The highest BCUT2D eigenvalue weighted by Crippen LogP contribution is 2.49. The number of hydrogen-bond acceptors (Lipinski definition) is 7. The van der Waals surface area contributed by atoms with E-state index in [1.54, 1.807) is 31.9 Å². The number of benzene rings is 2. The van der Waals surface area contributed by atoms with Gasteiger partial charge in [0.2, 0.25) is 0 Å². The number of rotatable bonds is 5. The maximum atomic E-state index is 12.6. The molecule has 1 atom stereocenters. The minimum absolute atomic E-state index is 0.182. The first-order chi connectivity index (χ1) is 13.4. The molecule has 28 heavy (non-hydrogen) atoms. The lowest BCUT2D eigenvalue weighted by atomic mass is 9.82. The van der Waals surface area contributed by atoms with Gasteiger partial charge >= 0.3 is 11.9 Å². The Morgan fingerprint density at radius 1 is 1.04 bits per heavy atom. The predicted molar refractivity (Wildman–Crippen MR) is 108 cm³/mol. The third-order valence-electron chi connectivity index (χ3n) is 4.92. The number of anilines is 2. The summed E-state index contributed by atoms with van der Waals surface area (Å²) in [5, 5.41) is 0.